The van der Waals surface area contributed by atoms with Crippen LogP contribution in [-0.4, -0.2) is 27.9 Å². The van der Waals surface area contributed by atoms with Gasteiger partial charge in [0.2, 0.25) is 0 Å². The maximum absolute atomic E-state index is 12.6. The SMILES string of the molecule is CC(C)C(C(=O)O)N1Cc2cc(-c3ccc(N)cc3)ccc2C1=O. The van der Waals surface area contributed by atoms with E-state index in [1.54, 1.807) is 6.07 Å². The molecule has 0 aromatic heterocycles. The number of fused-ring (bicyclic) bond motifs is 1. The Hall–Kier alpha value is -2.82. The molecule has 1 aliphatic heterocycles. The first-order valence-corrected chi connectivity index (χ1v) is 7.91. The number of amides is 1. The Balaban J connectivity index is 1.94. The largest absolute Gasteiger partial charge is 0.480 e. The average molecular weight is 324 g/mol. The third-order valence-electron chi connectivity index (χ3n) is 4.40. The summed E-state index contributed by atoms with van der Waals surface area (Å²) in [5.74, 6) is -1.34. The zero-order chi connectivity index (χ0) is 17.4. The predicted molar refractivity (Wildman–Crippen MR) is 92.4 cm³/mol. The number of nitrogens with zero attached hydrogens (tertiary/aromatic N) is 1. The molecule has 124 valence electrons. The standard InChI is InChI=1S/C19H20N2O3/c1-11(2)17(19(23)24)21-10-14-9-13(5-8-16(14)18(21)22)12-3-6-15(20)7-4-12/h3-9,11,17H,10,20H2,1-2H3,(H,23,24). The monoisotopic (exact) mass is 324 g/mol. The second kappa shape index (κ2) is 6.00. The van der Waals surface area contributed by atoms with E-state index >= 15 is 0 Å². The lowest BCUT2D eigenvalue weighted by molar-refractivity contribution is -0.144. The number of nitrogens with two attached hydrogens (primary N) is 1. The lowest BCUT2D eigenvalue weighted by Crippen LogP contribution is -2.44. The van der Waals surface area contributed by atoms with E-state index in [9.17, 15) is 14.7 Å². The minimum atomic E-state index is -0.968. The topological polar surface area (TPSA) is 83.6 Å². The zero-order valence-electron chi connectivity index (χ0n) is 13.7. The highest BCUT2D eigenvalue weighted by atomic mass is 16.4. The molecule has 2 aromatic carbocycles. The molecule has 1 amide bonds. The number of hydrogen-bond donors (Lipinski definition) is 2. The smallest absolute Gasteiger partial charge is 0.326 e. The van der Waals surface area contributed by atoms with Gasteiger partial charge in [-0.3, -0.25) is 4.79 Å². The molecule has 1 atom stereocenters. The number of aliphatic carboxylic acids is 1. The van der Waals surface area contributed by atoms with E-state index in [0.29, 0.717) is 17.8 Å². The third-order valence-corrected chi connectivity index (χ3v) is 4.40. The van der Waals surface area contributed by atoms with E-state index in [0.717, 1.165) is 16.7 Å². The van der Waals surface area contributed by atoms with Gasteiger partial charge in [0.25, 0.3) is 5.91 Å². The molecule has 1 unspecified atom stereocenters. The molecule has 0 bridgehead atoms. The fraction of sp³-hybridized carbons (Fsp3) is 0.263. The molecule has 0 aliphatic carbocycles. The van der Waals surface area contributed by atoms with Crippen LogP contribution in [0.3, 0.4) is 0 Å². The highest BCUT2D eigenvalue weighted by Crippen LogP contribution is 2.31. The lowest BCUT2D eigenvalue weighted by atomic mass is 10.0. The molecule has 0 saturated carbocycles. The summed E-state index contributed by atoms with van der Waals surface area (Å²) in [5.41, 5.74) is 9.85. The van der Waals surface area contributed by atoms with Gasteiger partial charge >= 0.3 is 5.97 Å². The van der Waals surface area contributed by atoms with Crippen LogP contribution in [0.1, 0.15) is 29.8 Å². The van der Waals surface area contributed by atoms with Gasteiger partial charge in [-0.05, 0) is 46.9 Å². The number of carbonyl (C=O) groups excluding carboxylic acids is 1. The van der Waals surface area contributed by atoms with Gasteiger partial charge in [0.15, 0.2) is 0 Å². The van der Waals surface area contributed by atoms with Gasteiger partial charge in [-0.15, -0.1) is 0 Å². The van der Waals surface area contributed by atoms with Crippen molar-refractivity contribution in [3.8, 4) is 11.1 Å². The number of nitrogen functional groups attached to an aromatic ring is 1. The van der Waals surface area contributed by atoms with Gasteiger partial charge in [0.05, 0.1) is 0 Å². The van der Waals surface area contributed by atoms with Gasteiger partial charge in [-0.25, -0.2) is 4.79 Å². The number of benzene rings is 2. The number of hydrogen-bond acceptors (Lipinski definition) is 3. The van der Waals surface area contributed by atoms with Crippen molar-refractivity contribution in [2.45, 2.75) is 26.4 Å². The summed E-state index contributed by atoms with van der Waals surface area (Å²) in [6, 6.07) is 12.3. The number of carboxylic acid groups (broad SMARTS) is 1. The summed E-state index contributed by atoms with van der Waals surface area (Å²) in [5, 5.41) is 9.45. The lowest BCUT2D eigenvalue weighted by Gasteiger charge is -2.27. The van der Waals surface area contributed by atoms with E-state index in [1.165, 1.54) is 4.90 Å². The summed E-state index contributed by atoms with van der Waals surface area (Å²) in [7, 11) is 0. The van der Waals surface area contributed by atoms with Crippen molar-refractivity contribution >= 4 is 17.6 Å². The highest BCUT2D eigenvalue weighted by Gasteiger charge is 2.38. The van der Waals surface area contributed by atoms with Gasteiger partial charge < -0.3 is 15.7 Å². The van der Waals surface area contributed by atoms with Crippen LogP contribution in [0, 0.1) is 5.92 Å². The van der Waals surface area contributed by atoms with Gasteiger partial charge in [-0.1, -0.05) is 32.0 Å². The second-order valence-corrected chi connectivity index (χ2v) is 6.45. The molecule has 3 N–H and O–H groups in total. The van der Waals surface area contributed by atoms with Crippen LogP contribution in [0.5, 0.6) is 0 Å². The van der Waals surface area contributed by atoms with Crippen LogP contribution >= 0.6 is 0 Å². The summed E-state index contributed by atoms with van der Waals surface area (Å²) in [6.45, 7) is 3.95. The maximum atomic E-state index is 12.6. The van der Waals surface area contributed by atoms with Crippen LogP contribution in [0.25, 0.3) is 11.1 Å². The summed E-state index contributed by atoms with van der Waals surface area (Å²) >= 11 is 0. The van der Waals surface area contributed by atoms with Gasteiger partial charge in [0, 0.05) is 17.8 Å². The molecule has 0 fully saturated rings. The van der Waals surface area contributed by atoms with E-state index in [1.807, 2.05) is 50.2 Å². The molecular formula is C19H20N2O3. The molecule has 0 saturated heterocycles. The van der Waals surface area contributed by atoms with Crippen molar-refractivity contribution in [3.63, 3.8) is 0 Å². The molecule has 0 radical (unpaired) electrons. The molecule has 24 heavy (non-hydrogen) atoms. The molecule has 1 heterocycles. The van der Waals surface area contributed by atoms with Crippen LogP contribution in [0.4, 0.5) is 5.69 Å². The maximum Gasteiger partial charge on any atom is 0.326 e. The number of carboxylic acids is 1. The highest BCUT2D eigenvalue weighted by molar-refractivity contribution is 6.01. The van der Waals surface area contributed by atoms with Crippen molar-refractivity contribution in [1.29, 1.82) is 0 Å². The van der Waals surface area contributed by atoms with Gasteiger partial charge in [-0.2, -0.15) is 0 Å². The minimum absolute atomic E-state index is 0.155. The first-order chi connectivity index (χ1) is 11.4. The average Bonchev–Trinajstić information content (AvgIpc) is 2.84. The van der Waals surface area contributed by atoms with Crippen LogP contribution in [0.2, 0.25) is 0 Å². The molecular weight excluding hydrogens is 304 g/mol. The van der Waals surface area contributed by atoms with Crippen molar-refractivity contribution < 1.29 is 14.7 Å². The van der Waals surface area contributed by atoms with E-state index < -0.39 is 12.0 Å². The Morgan fingerprint density at radius 1 is 1.12 bits per heavy atom. The van der Waals surface area contributed by atoms with E-state index in [2.05, 4.69) is 0 Å². The first kappa shape index (κ1) is 16.1. The fourth-order valence-corrected chi connectivity index (χ4v) is 3.20. The number of rotatable bonds is 4. The summed E-state index contributed by atoms with van der Waals surface area (Å²) < 4.78 is 0. The third kappa shape index (κ3) is 2.73. The molecule has 2 aromatic rings. The van der Waals surface area contributed by atoms with Crippen LogP contribution in [-0.2, 0) is 11.3 Å². The van der Waals surface area contributed by atoms with Crippen LogP contribution < -0.4 is 5.73 Å². The van der Waals surface area contributed by atoms with Crippen molar-refractivity contribution in [1.82, 2.24) is 4.90 Å². The summed E-state index contributed by atoms with van der Waals surface area (Å²) in [6.07, 6.45) is 0. The fourth-order valence-electron chi connectivity index (χ4n) is 3.20. The van der Waals surface area contributed by atoms with Crippen LogP contribution in [0.15, 0.2) is 42.5 Å². The van der Waals surface area contributed by atoms with Crippen molar-refractivity contribution in [2.75, 3.05) is 5.73 Å². The van der Waals surface area contributed by atoms with E-state index in [4.69, 9.17) is 5.73 Å². The number of anilines is 1. The quantitative estimate of drug-likeness (QED) is 0.847. The van der Waals surface area contributed by atoms with Crippen molar-refractivity contribution in [2.24, 2.45) is 5.92 Å². The molecule has 3 rings (SSSR count). The molecule has 0 spiro atoms. The van der Waals surface area contributed by atoms with Gasteiger partial charge in [0.1, 0.15) is 6.04 Å². The first-order valence-electron chi connectivity index (χ1n) is 7.91. The Labute approximate surface area is 140 Å². The normalized spacial score (nSPS) is 14.8. The number of carbonyl (C=O) groups is 2. The predicted octanol–water partition coefficient (Wildman–Crippen LogP) is 3.00. The molecule has 1 aliphatic rings. The molecule has 5 heteroatoms. The second-order valence-electron chi connectivity index (χ2n) is 6.45. The Kier molecular flexibility index (Phi) is 4.01. The summed E-state index contributed by atoms with van der Waals surface area (Å²) in [4.78, 5) is 25.6. The zero-order valence-corrected chi connectivity index (χ0v) is 13.7. The van der Waals surface area contributed by atoms with Crippen molar-refractivity contribution in [3.05, 3.63) is 53.6 Å². The van der Waals surface area contributed by atoms with E-state index in [-0.39, 0.29) is 11.8 Å². The Morgan fingerprint density at radius 3 is 2.33 bits per heavy atom. The minimum Gasteiger partial charge on any atom is -0.480 e. The Bertz CT molecular complexity index is 797. The molecule has 5 nitrogen and oxygen atoms in total. The Morgan fingerprint density at radius 2 is 1.75 bits per heavy atom.